The van der Waals surface area contributed by atoms with Crippen molar-refractivity contribution < 1.29 is 13.2 Å². The number of rotatable bonds is 1. The molecule has 0 unspecified atom stereocenters. The second kappa shape index (κ2) is 4.74. The van der Waals surface area contributed by atoms with Crippen molar-refractivity contribution in [2.24, 2.45) is 0 Å². The van der Waals surface area contributed by atoms with Crippen LogP contribution in [0.2, 0.25) is 0 Å². The summed E-state index contributed by atoms with van der Waals surface area (Å²) in [6, 6.07) is 5.23. The van der Waals surface area contributed by atoms with Crippen LogP contribution < -0.4 is 4.48 Å². The van der Waals surface area contributed by atoms with Gasteiger partial charge in [-0.2, -0.15) is 13.2 Å². The Bertz CT molecular complexity index is 278. The van der Waals surface area contributed by atoms with Crippen molar-refractivity contribution >= 4 is 29.6 Å². The van der Waals surface area contributed by atoms with Crippen LogP contribution in [0.15, 0.2) is 24.3 Å². The molecule has 0 aliphatic rings. The minimum atomic E-state index is -4.25. The van der Waals surface area contributed by atoms with Gasteiger partial charge >= 0.3 is 30.1 Å². The van der Waals surface area contributed by atoms with E-state index in [1.54, 1.807) is 0 Å². The van der Waals surface area contributed by atoms with E-state index < -0.39 is 11.7 Å². The summed E-state index contributed by atoms with van der Waals surface area (Å²) < 4.78 is 37.1. The van der Waals surface area contributed by atoms with Gasteiger partial charge in [0.05, 0.1) is 26.7 Å². The predicted molar refractivity (Wildman–Crippen MR) is 62.3 cm³/mol. The van der Waals surface area contributed by atoms with Gasteiger partial charge in [0.2, 0.25) is 0 Å². The third-order valence-electron chi connectivity index (χ3n) is 1.97. The van der Waals surface area contributed by atoms with Gasteiger partial charge in [0.15, 0.2) is 0 Å². The fraction of sp³-hybridized carbons (Fsp3) is 0.400. The Kier molecular flexibility index (Phi) is 4.66. The van der Waals surface area contributed by atoms with Gasteiger partial charge < -0.3 is 0 Å². The molecule has 1 aromatic carbocycles. The number of hydrogen-bond donors (Lipinski definition) is 0. The fourth-order valence-electron chi connectivity index (χ4n) is 1.10. The van der Waals surface area contributed by atoms with Crippen molar-refractivity contribution in [3.63, 3.8) is 0 Å². The summed E-state index contributed by atoms with van der Waals surface area (Å²) in [4.78, 5) is 0. The molecular formula is C10H17F3NSn+. The van der Waals surface area contributed by atoms with Gasteiger partial charge in [0.1, 0.15) is 5.69 Å². The quantitative estimate of drug-likeness (QED) is 0.541. The summed E-state index contributed by atoms with van der Waals surface area (Å²) in [6.07, 6.45) is -4.25. The van der Waals surface area contributed by atoms with E-state index >= 15 is 0 Å². The van der Waals surface area contributed by atoms with E-state index in [0.717, 1.165) is 17.8 Å². The Labute approximate surface area is 104 Å². The van der Waals surface area contributed by atoms with Crippen molar-refractivity contribution in [3.05, 3.63) is 29.8 Å². The van der Waals surface area contributed by atoms with E-state index in [-0.39, 0.29) is 23.9 Å². The van der Waals surface area contributed by atoms with Crippen LogP contribution >= 0.6 is 0 Å². The molecule has 1 rings (SSSR count). The summed E-state index contributed by atoms with van der Waals surface area (Å²) in [7, 11) is 5.72. The average Bonchev–Trinajstić information content (AvgIpc) is 2.01. The first-order valence-electron chi connectivity index (χ1n) is 4.20. The molecule has 0 bridgehead atoms. The average molecular weight is 327 g/mol. The molecule has 15 heavy (non-hydrogen) atoms. The molecule has 0 fully saturated rings. The molecule has 0 aromatic heterocycles. The van der Waals surface area contributed by atoms with Crippen LogP contribution in [0.3, 0.4) is 0 Å². The molecule has 0 amide bonds. The molecule has 0 atom stereocenters. The summed E-state index contributed by atoms with van der Waals surface area (Å²) in [5.74, 6) is 0. The van der Waals surface area contributed by atoms with Gasteiger partial charge in [-0.15, -0.1) is 0 Å². The Morgan fingerprint density at radius 3 is 1.60 bits per heavy atom. The fourth-order valence-corrected chi connectivity index (χ4v) is 1.10. The molecule has 1 aromatic rings. The van der Waals surface area contributed by atoms with Crippen molar-refractivity contribution in [1.82, 2.24) is 4.48 Å². The molecule has 5 heteroatoms. The second-order valence-corrected chi connectivity index (χ2v) is 4.06. The third kappa shape index (κ3) is 4.02. The van der Waals surface area contributed by atoms with Crippen LogP contribution in [0.4, 0.5) is 18.9 Å². The zero-order chi connectivity index (χ0) is 11.0. The van der Waals surface area contributed by atoms with E-state index in [4.69, 9.17) is 0 Å². The molecule has 0 aliphatic heterocycles. The molecular weight excluding hydrogens is 310 g/mol. The first-order valence-corrected chi connectivity index (χ1v) is 4.20. The summed E-state index contributed by atoms with van der Waals surface area (Å²) in [6.45, 7) is 0. The molecule has 0 aliphatic carbocycles. The topological polar surface area (TPSA) is 0 Å². The molecule has 0 radical (unpaired) electrons. The van der Waals surface area contributed by atoms with Crippen molar-refractivity contribution in [3.8, 4) is 0 Å². The van der Waals surface area contributed by atoms with Gasteiger partial charge in [-0.3, -0.25) is 4.48 Å². The van der Waals surface area contributed by atoms with Crippen LogP contribution in [0, 0.1) is 0 Å². The predicted octanol–water partition coefficient (Wildman–Crippen LogP) is 1.45. The van der Waals surface area contributed by atoms with Crippen molar-refractivity contribution in [1.29, 1.82) is 0 Å². The standard InChI is InChI=1S/C10H13F3N.Sn.4H/c1-14(2,3)9-6-4-8(5-7-9)10(11,12)13;;;;;/h4-7H,1-3H3;;;;;/q+1;;;;;. The summed E-state index contributed by atoms with van der Waals surface area (Å²) in [5.41, 5.74) is 0.243. The van der Waals surface area contributed by atoms with E-state index in [0.29, 0.717) is 4.48 Å². The van der Waals surface area contributed by atoms with Crippen LogP contribution in [0.5, 0.6) is 0 Å². The number of hydrogen-bond acceptors (Lipinski definition) is 0. The van der Waals surface area contributed by atoms with Gasteiger partial charge in [-0.05, 0) is 24.3 Å². The SMILES string of the molecule is C[N+](C)(C)c1ccc(C(F)(F)F)cc1.[SnH4]. The maximum absolute atomic E-state index is 12.2. The van der Waals surface area contributed by atoms with Crippen LogP contribution in [-0.4, -0.2) is 45.1 Å². The number of halogens is 3. The zero-order valence-corrected chi connectivity index (χ0v) is 8.39. The normalized spacial score (nSPS) is 12.1. The Morgan fingerprint density at radius 2 is 1.33 bits per heavy atom. The second-order valence-electron chi connectivity index (χ2n) is 4.06. The Morgan fingerprint density at radius 1 is 0.933 bits per heavy atom. The number of alkyl halides is 3. The van der Waals surface area contributed by atoms with Crippen LogP contribution in [0.25, 0.3) is 0 Å². The number of benzene rings is 1. The van der Waals surface area contributed by atoms with Crippen molar-refractivity contribution in [2.75, 3.05) is 21.1 Å². The number of nitrogens with zero attached hydrogens (tertiary/aromatic N) is 1. The van der Waals surface area contributed by atoms with Gasteiger partial charge in [-0.1, -0.05) is 0 Å². The monoisotopic (exact) mass is 328 g/mol. The van der Waals surface area contributed by atoms with Gasteiger partial charge in [0.25, 0.3) is 0 Å². The summed E-state index contributed by atoms with van der Waals surface area (Å²) >= 11 is 0. The van der Waals surface area contributed by atoms with Gasteiger partial charge in [-0.25, -0.2) is 0 Å². The molecule has 0 N–H and O–H groups in total. The van der Waals surface area contributed by atoms with E-state index in [1.807, 2.05) is 21.1 Å². The molecule has 0 heterocycles. The van der Waals surface area contributed by atoms with Crippen LogP contribution in [0.1, 0.15) is 5.56 Å². The first kappa shape index (κ1) is 14.8. The molecule has 0 saturated carbocycles. The Balaban J connectivity index is 0.00000196. The molecule has 86 valence electrons. The first-order chi connectivity index (χ1) is 6.21. The Hall–Kier alpha value is -0.231. The van der Waals surface area contributed by atoms with Gasteiger partial charge in [0, 0.05) is 0 Å². The number of quaternary nitrogens is 1. The zero-order valence-electron chi connectivity index (χ0n) is 8.39. The molecule has 0 spiro atoms. The third-order valence-corrected chi connectivity index (χ3v) is 1.97. The molecule has 1 nitrogen and oxygen atoms in total. The minimum absolute atomic E-state index is 0. The molecule has 0 saturated heterocycles. The van der Waals surface area contributed by atoms with E-state index in [2.05, 4.69) is 0 Å². The van der Waals surface area contributed by atoms with E-state index in [1.165, 1.54) is 12.1 Å². The summed E-state index contributed by atoms with van der Waals surface area (Å²) in [5, 5.41) is 0. The van der Waals surface area contributed by atoms with E-state index in [9.17, 15) is 13.2 Å². The van der Waals surface area contributed by atoms with Crippen LogP contribution in [-0.2, 0) is 6.18 Å². The maximum atomic E-state index is 12.2. The van der Waals surface area contributed by atoms with Crippen molar-refractivity contribution in [2.45, 2.75) is 6.18 Å².